The van der Waals surface area contributed by atoms with Crippen LogP contribution in [0.2, 0.25) is 0 Å². The standard InChI is InChI=1S/C17H26N4O3S/c1-3-20(9-16(22)23)13-7-12(8-13)19-17(24)21-6-4-5-15(21)14-10-25-11(2)18-14/h10,12-13,15H,3-9H2,1-2H3,(H,19,24)(H,22,23)/t12?,13?,15-/m1/s1. The number of carbonyl (C=O) groups excluding carboxylic acids is 1. The summed E-state index contributed by atoms with van der Waals surface area (Å²) in [6.45, 7) is 5.51. The molecule has 25 heavy (non-hydrogen) atoms. The van der Waals surface area contributed by atoms with Crippen LogP contribution in [0, 0.1) is 6.92 Å². The second-order valence-electron chi connectivity index (χ2n) is 6.87. The fourth-order valence-corrected chi connectivity index (χ4v) is 4.44. The van der Waals surface area contributed by atoms with Gasteiger partial charge in [-0.3, -0.25) is 9.69 Å². The van der Waals surface area contributed by atoms with Crippen LogP contribution in [0.4, 0.5) is 4.79 Å². The van der Waals surface area contributed by atoms with Crippen molar-refractivity contribution in [2.75, 3.05) is 19.6 Å². The lowest BCUT2D eigenvalue weighted by Gasteiger charge is -2.42. The number of carboxylic acids is 1. The lowest BCUT2D eigenvalue weighted by Crippen LogP contribution is -2.56. The Hall–Kier alpha value is -1.67. The largest absolute Gasteiger partial charge is 0.480 e. The molecule has 0 radical (unpaired) electrons. The van der Waals surface area contributed by atoms with Crippen LogP contribution < -0.4 is 5.32 Å². The first-order valence-corrected chi connectivity index (χ1v) is 9.81. The molecule has 1 atom stereocenters. The van der Waals surface area contributed by atoms with Crippen molar-refractivity contribution >= 4 is 23.3 Å². The van der Waals surface area contributed by atoms with Crippen LogP contribution in [-0.2, 0) is 4.79 Å². The molecule has 3 rings (SSSR count). The Labute approximate surface area is 152 Å². The van der Waals surface area contributed by atoms with E-state index >= 15 is 0 Å². The van der Waals surface area contributed by atoms with Crippen LogP contribution in [-0.4, -0.2) is 63.6 Å². The topological polar surface area (TPSA) is 85.8 Å². The Kier molecular flexibility index (Phi) is 5.58. The highest BCUT2D eigenvalue weighted by Gasteiger charge is 2.37. The molecule has 1 aliphatic carbocycles. The van der Waals surface area contributed by atoms with Gasteiger partial charge >= 0.3 is 12.0 Å². The van der Waals surface area contributed by atoms with Gasteiger partial charge in [0.1, 0.15) is 0 Å². The maximum atomic E-state index is 12.6. The molecule has 1 saturated carbocycles. The number of carboxylic acid groups (broad SMARTS) is 1. The molecule has 7 nitrogen and oxygen atoms in total. The molecule has 0 unspecified atom stereocenters. The third-order valence-corrected chi connectivity index (χ3v) is 5.99. The number of thiazole rings is 1. The highest BCUT2D eigenvalue weighted by molar-refractivity contribution is 7.09. The SMILES string of the molecule is CCN(CC(=O)O)C1CC(NC(=O)N2CCC[C@@H]2c2csc(C)n2)C1. The second-order valence-corrected chi connectivity index (χ2v) is 7.93. The Morgan fingerprint density at radius 2 is 2.24 bits per heavy atom. The van der Waals surface area contributed by atoms with Gasteiger partial charge in [0.05, 0.1) is 23.3 Å². The lowest BCUT2D eigenvalue weighted by atomic mass is 9.85. The molecule has 2 heterocycles. The minimum absolute atomic E-state index is 0.0158. The zero-order valence-electron chi connectivity index (χ0n) is 14.8. The molecule has 1 aromatic rings. The van der Waals surface area contributed by atoms with Crippen LogP contribution in [0.1, 0.15) is 49.4 Å². The molecule has 1 aliphatic heterocycles. The van der Waals surface area contributed by atoms with Crippen LogP contribution >= 0.6 is 11.3 Å². The van der Waals surface area contributed by atoms with Gasteiger partial charge in [-0.25, -0.2) is 9.78 Å². The van der Waals surface area contributed by atoms with Crippen molar-refractivity contribution in [2.45, 2.75) is 57.7 Å². The number of hydrogen-bond donors (Lipinski definition) is 2. The zero-order chi connectivity index (χ0) is 18.0. The Balaban J connectivity index is 1.51. The first-order chi connectivity index (χ1) is 12.0. The Morgan fingerprint density at radius 1 is 1.48 bits per heavy atom. The molecular weight excluding hydrogens is 340 g/mol. The normalized spacial score (nSPS) is 25.9. The van der Waals surface area contributed by atoms with E-state index in [0.717, 1.165) is 49.5 Å². The third kappa shape index (κ3) is 4.12. The number of aromatic nitrogens is 1. The van der Waals surface area contributed by atoms with Gasteiger partial charge < -0.3 is 15.3 Å². The van der Waals surface area contributed by atoms with Crippen molar-refractivity contribution in [3.05, 3.63) is 16.1 Å². The highest BCUT2D eigenvalue weighted by Crippen LogP contribution is 2.33. The number of aliphatic carboxylic acids is 1. The number of likely N-dealkylation sites (N-methyl/N-ethyl adjacent to an activating group) is 1. The van der Waals surface area contributed by atoms with E-state index in [2.05, 4.69) is 15.7 Å². The highest BCUT2D eigenvalue weighted by atomic mass is 32.1. The molecule has 2 aliphatic rings. The zero-order valence-corrected chi connectivity index (χ0v) is 15.6. The van der Waals surface area contributed by atoms with Crippen LogP contribution in [0.25, 0.3) is 0 Å². The van der Waals surface area contributed by atoms with Gasteiger partial charge in [0, 0.05) is 24.0 Å². The van der Waals surface area contributed by atoms with E-state index in [1.807, 2.05) is 23.6 Å². The summed E-state index contributed by atoms with van der Waals surface area (Å²) in [4.78, 5) is 31.9. The smallest absolute Gasteiger partial charge is 0.318 e. The molecular formula is C17H26N4O3S. The number of nitrogens with zero attached hydrogens (tertiary/aromatic N) is 3. The van der Waals surface area contributed by atoms with E-state index in [4.69, 9.17) is 5.11 Å². The average molecular weight is 366 g/mol. The number of urea groups is 1. The number of amides is 2. The van der Waals surface area contributed by atoms with E-state index in [1.54, 1.807) is 11.3 Å². The molecule has 2 amide bonds. The van der Waals surface area contributed by atoms with Gasteiger partial charge in [0.25, 0.3) is 0 Å². The first-order valence-electron chi connectivity index (χ1n) is 8.93. The van der Waals surface area contributed by atoms with Crippen LogP contribution in [0.15, 0.2) is 5.38 Å². The van der Waals surface area contributed by atoms with Gasteiger partial charge in [-0.2, -0.15) is 0 Å². The van der Waals surface area contributed by atoms with Crippen molar-refractivity contribution in [1.29, 1.82) is 0 Å². The Morgan fingerprint density at radius 3 is 2.84 bits per heavy atom. The molecule has 8 heteroatoms. The lowest BCUT2D eigenvalue weighted by molar-refractivity contribution is -0.139. The summed E-state index contributed by atoms with van der Waals surface area (Å²) in [7, 11) is 0. The van der Waals surface area contributed by atoms with E-state index in [-0.39, 0.29) is 30.7 Å². The quantitative estimate of drug-likeness (QED) is 0.806. The summed E-state index contributed by atoms with van der Waals surface area (Å²) in [6, 6.07) is 0.457. The van der Waals surface area contributed by atoms with Crippen molar-refractivity contribution in [3.63, 3.8) is 0 Å². The van der Waals surface area contributed by atoms with Crippen molar-refractivity contribution in [3.8, 4) is 0 Å². The summed E-state index contributed by atoms with van der Waals surface area (Å²) in [6.07, 6.45) is 3.61. The number of rotatable bonds is 6. The summed E-state index contributed by atoms with van der Waals surface area (Å²) < 4.78 is 0. The monoisotopic (exact) mass is 366 g/mol. The molecule has 1 saturated heterocycles. The number of aryl methyl sites for hydroxylation is 1. The molecule has 2 N–H and O–H groups in total. The fraction of sp³-hybridized carbons (Fsp3) is 0.706. The van der Waals surface area contributed by atoms with Crippen molar-refractivity contribution < 1.29 is 14.7 Å². The molecule has 138 valence electrons. The van der Waals surface area contributed by atoms with E-state index in [9.17, 15) is 9.59 Å². The number of likely N-dealkylation sites (tertiary alicyclic amines) is 1. The fourth-order valence-electron chi connectivity index (χ4n) is 3.78. The second kappa shape index (κ2) is 7.70. The van der Waals surface area contributed by atoms with Crippen molar-refractivity contribution in [2.24, 2.45) is 0 Å². The first kappa shape index (κ1) is 18.1. The van der Waals surface area contributed by atoms with Gasteiger partial charge in [0.2, 0.25) is 0 Å². The molecule has 0 spiro atoms. The predicted octanol–water partition coefficient (Wildman–Crippen LogP) is 2.24. The number of carbonyl (C=O) groups is 2. The van der Waals surface area contributed by atoms with Gasteiger partial charge in [-0.1, -0.05) is 6.92 Å². The molecule has 1 aromatic heterocycles. The van der Waals surface area contributed by atoms with E-state index in [0.29, 0.717) is 0 Å². The average Bonchev–Trinajstić information content (AvgIpc) is 3.16. The third-order valence-electron chi connectivity index (χ3n) is 5.19. The van der Waals surface area contributed by atoms with Gasteiger partial charge in [-0.15, -0.1) is 11.3 Å². The summed E-state index contributed by atoms with van der Waals surface area (Å²) in [5, 5.41) is 15.2. The maximum absolute atomic E-state index is 12.6. The summed E-state index contributed by atoms with van der Waals surface area (Å²) in [5.74, 6) is -0.798. The van der Waals surface area contributed by atoms with Gasteiger partial charge in [0.15, 0.2) is 0 Å². The van der Waals surface area contributed by atoms with Crippen LogP contribution in [0.3, 0.4) is 0 Å². The van der Waals surface area contributed by atoms with Crippen LogP contribution in [0.5, 0.6) is 0 Å². The summed E-state index contributed by atoms with van der Waals surface area (Å²) >= 11 is 1.62. The van der Waals surface area contributed by atoms with E-state index in [1.165, 1.54) is 0 Å². The minimum Gasteiger partial charge on any atom is -0.480 e. The predicted molar refractivity (Wildman–Crippen MR) is 95.8 cm³/mol. The number of nitrogens with one attached hydrogen (secondary N) is 1. The summed E-state index contributed by atoms with van der Waals surface area (Å²) in [5.41, 5.74) is 1.00. The Bertz CT molecular complexity index is 629. The van der Waals surface area contributed by atoms with E-state index < -0.39 is 5.97 Å². The maximum Gasteiger partial charge on any atom is 0.318 e. The minimum atomic E-state index is -0.798. The molecule has 0 bridgehead atoms. The van der Waals surface area contributed by atoms with Crippen molar-refractivity contribution in [1.82, 2.24) is 20.1 Å². The number of hydrogen-bond acceptors (Lipinski definition) is 5. The molecule has 0 aromatic carbocycles. The molecule has 2 fully saturated rings. The van der Waals surface area contributed by atoms with Gasteiger partial charge in [-0.05, 0) is 39.2 Å².